The van der Waals surface area contributed by atoms with Crippen molar-refractivity contribution in [2.24, 2.45) is 0 Å². The highest BCUT2D eigenvalue weighted by atomic mass is 35.5. The molecule has 0 fully saturated rings. The highest BCUT2D eigenvalue weighted by molar-refractivity contribution is 6.31. The zero-order valence-electron chi connectivity index (χ0n) is 8.61. The molecule has 0 spiro atoms. The van der Waals surface area contributed by atoms with Crippen molar-refractivity contribution in [3.8, 4) is 5.69 Å². The number of halogens is 2. The molecule has 1 heterocycles. The zero-order chi connectivity index (χ0) is 11.7. The molecule has 2 rings (SSSR count). The number of nitrogens with zero attached hydrogens (tertiary/aromatic N) is 2. The molecular formula is C11H10Cl2N2O. The molecule has 0 unspecified atom stereocenters. The van der Waals surface area contributed by atoms with Crippen LogP contribution in [0.25, 0.3) is 5.69 Å². The second-order valence-electron chi connectivity index (χ2n) is 3.44. The summed E-state index contributed by atoms with van der Waals surface area (Å²) in [6.07, 6.45) is 1.71. The van der Waals surface area contributed by atoms with Crippen LogP contribution in [-0.2, 0) is 6.61 Å². The molecule has 1 aromatic carbocycles. The van der Waals surface area contributed by atoms with Crippen molar-refractivity contribution in [1.29, 1.82) is 0 Å². The Morgan fingerprint density at radius 1 is 1.38 bits per heavy atom. The van der Waals surface area contributed by atoms with Gasteiger partial charge in [-0.1, -0.05) is 23.2 Å². The van der Waals surface area contributed by atoms with Crippen LogP contribution in [0.5, 0.6) is 0 Å². The first-order valence-electron chi connectivity index (χ1n) is 4.73. The normalized spacial score (nSPS) is 10.8. The number of hydrogen-bond acceptors (Lipinski definition) is 2. The van der Waals surface area contributed by atoms with Crippen LogP contribution in [0.3, 0.4) is 0 Å². The maximum absolute atomic E-state index is 9.25. The summed E-state index contributed by atoms with van der Waals surface area (Å²) in [6, 6.07) is 5.26. The van der Waals surface area contributed by atoms with Crippen molar-refractivity contribution in [2.45, 2.75) is 13.5 Å². The number of hydrogen-bond donors (Lipinski definition) is 1. The molecule has 0 saturated heterocycles. The molecule has 0 radical (unpaired) electrons. The fraction of sp³-hybridized carbons (Fsp3) is 0.182. The van der Waals surface area contributed by atoms with Crippen LogP contribution < -0.4 is 0 Å². The molecule has 0 aliphatic rings. The summed E-state index contributed by atoms with van der Waals surface area (Å²) in [5.41, 5.74) is 2.24. The van der Waals surface area contributed by atoms with Crippen LogP contribution in [0, 0.1) is 6.92 Å². The number of benzene rings is 1. The van der Waals surface area contributed by atoms with Crippen molar-refractivity contribution < 1.29 is 5.11 Å². The standard InChI is InChI=1S/C11H10Cl2N2O/c1-7-10(13)5-15(14-7)11-3-2-9(12)4-8(11)6-16/h2-5,16H,6H2,1H3. The third-order valence-electron chi connectivity index (χ3n) is 2.30. The molecule has 0 aliphatic carbocycles. The summed E-state index contributed by atoms with van der Waals surface area (Å²) >= 11 is 11.8. The van der Waals surface area contributed by atoms with E-state index in [1.54, 1.807) is 29.1 Å². The van der Waals surface area contributed by atoms with Crippen LogP contribution in [0.4, 0.5) is 0 Å². The lowest BCUT2D eigenvalue weighted by Gasteiger charge is -2.07. The lowest BCUT2D eigenvalue weighted by atomic mass is 10.2. The van der Waals surface area contributed by atoms with Crippen LogP contribution in [0.1, 0.15) is 11.3 Å². The average Bonchev–Trinajstić information content (AvgIpc) is 2.59. The van der Waals surface area contributed by atoms with Crippen LogP contribution in [-0.4, -0.2) is 14.9 Å². The first-order chi connectivity index (χ1) is 7.61. The predicted molar refractivity (Wildman–Crippen MR) is 64.2 cm³/mol. The van der Waals surface area contributed by atoms with E-state index in [1.807, 2.05) is 6.92 Å². The molecule has 2 aromatic rings. The highest BCUT2D eigenvalue weighted by Crippen LogP contribution is 2.22. The van der Waals surface area contributed by atoms with Gasteiger partial charge in [-0.05, 0) is 25.1 Å². The zero-order valence-corrected chi connectivity index (χ0v) is 10.1. The summed E-state index contributed by atoms with van der Waals surface area (Å²) in [4.78, 5) is 0. The van der Waals surface area contributed by atoms with Gasteiger partial charge in [0.05, 0.1) is 23.0 Å². The Morgan fingerprint density at radius 2 is 2.12 bits per heavy atom. The van der Waals surface area contributed by atoms with Crippen molar-refractivity contribution in [3.63, 3.8) is 0 Å². The summed E-state index contributed by atoms with van der Waals surface area (Å²) in [6.45, 7) is 1.74. The Kier molecular flexibility index (Phi) is 3.19. The minimum absolute atomic E-state index is 0.0909. The van der Waals surface area contributed by atoms with Crippen LogP contribution >= 0.6 is 23.2 Å². The molecule has 0 aliphatic heterocycles. The average molecular weight is 257 g/mol. The fourth-order valence-corrected chi connectivity index (χ4v) is 1.79. The Balaban J connectivity index is 2.55. The lowest BCUT2D eigenvalue weighted by Crippen LogP contribution is -2.00. The Hall–Kier alpha value is -1.03. The van der Waals surface area contributed by atoms with E-state index in [4.69, 9.17) is 23.2 Å². The molecule has 16 heavy (non-hydrogen) atoms. The quantitative estimate of drug-likeness (QED) is 0.898. The van der Waals surface area contributed by atoms with Crippen molar-refractivity contribution in [2.75, 3.05) is 0 Å². The monoisotopic (exact) mass is 256 g/mol. The summed E-state index contributed by atoms with van der Waals surface area (Å²) in [7, 11) is 0. The minimum Gasteiger partial charge on any atom is -0.392 e. The Bertz CT molecular complexity index is 503. The molecule has 0 atom stereocenters. The fourth-order valence-electron chi connectivity index (χ4n) is 1.47. The van der Waals surface area contributed by atoms with Crippen LogP contribution in [0.2, 0.25) is 10.0 Å². The maximum Gasteiger partial charge on any atom is 0.0819 e. The van der Waals surface area contributed by atoms with Gasteiger partial charge in [0.1, 0.15) is 0 Å². The van der Waals surface area contributed by atoms with Gasteiger partial charge in [0.2, 0.25) is 0 Å². The van der Waals surface area contributed by atoms with E-state index < -0.39 is 0 Å². The summed E-state index contributed by atoms with van der Waals surface area (Å²) in [5, 5.41) is 14.7. The van der Waals surface area contributed by atoms with Gasteiger partial charge in [-0.3, -0.25) is 0 Å². The van der Waals surface area contributed by atoms with Gasteiger partial charge < -0.3 is 5.11 Å². The Morgan fingerprint density at radius 3 is 2.69 bits per heavy atom. The van der Waals surface area contributed by atoms with Gasteiger partial charge in [-0.2, -0.15) is 5.10 Å². The minimum atomic E-state index is -0.0909. The number of aromatic nitrogens is 2. The molecule has 0 bridgehead atoms. The summed E-state index contributed by atoms with van der Waals surface area (Å²) < 4.78 is 1.64. The second kappa shape index (κ2) is 4.45. The first-order valence-corrected chi connectivity index (χ1v) is 5.49. The smallest absolute Gasteiger partial charge is 0.0819 e. The van der Waals surface area contributed by atoms with Crippen LogP contribution in [0.15, 0.2) is 24.4 Å². The van der Waals surface area contributed by atoms with E-state index in [1.165, 1.54) is 0 Å². The van der Waals surface area contributed by atoms with Crippen molar-refractivity contribution in [1.82, 2.24) is 9.78 Å². The van der Waals surface area contributed by atoms with Gasteiger partial charge >= 0.3 is 0 Å². The molecule has 5 heteroatoms. The largest absolute Gasteiger partial charge is 0.392 e. The van der Waals surface area contributed by atoms with Gasteiger partial charge in [0.15, 0.2) is 0 Å². The Labute approximate surface area is 103 Å². The molecule has 3 nitrogen and oxygen atoms in total. The van der Waals surface area contributed by atoms with Gasteiger partial charge in [0.25, 0.3) is 0 Å². The number of aliphatic hydroxyl groups is 1. The van der Waals surface area contributed by atoms with Crippen molar-refractivity contribution in [3.05, 3.63) is 45.7 Å². The molecule has 1 aromatic heterocycles. The first kappa shape index (κ1) is 11.5. The number of aliphatic hydroxyl groups excluding tert-OH is 1. The SMILES string of the molecule is Cc1nn(-c2ccc(Cl)cc2CO)cc1Cl. The van der Waals surface area contributed by atoms with E-state index in [9.17, 15) is 5.11 Å². The predicted octanol–water partition coefficient (Wildman–Crippen LogP) is 2.98. The number of rotatable bonds is 2. The highest BCUT2D eigenvalue weighted by Gasteiger charge is 2.08. The van der Waals surface area contributed by atoms with Gasteiger partial charge in [-0.25, -0.2) is 4.68 Å². The van der Waals surface area contributed by atoms with Gasteiger partial charge in [0, 0.05) is 16.8 Å². The van der Waals surface area contributed by atoms with E-state index in [-0.39, 0.29) is 6.61 Å². The maximum atomic E-state index is 9.25. The molecule has 0 amide bonds. The second-order valence-corrected chi connectivity index (χ2v) is 4.28. The molecule has 84 valence electrons. The van der Waals surface area contributed by atoms with E-state index in [0.29, 0.717) is 15.6 Å². The van der Waals surface area contributed by atoms with E-state index in [2.05, 4.69) is 5.10 Å². The summed E-state index contributed by atoms with van der Waals surface area (Å²) in [5.74, 6) is 0. The third kappa shape index (κ3) is 2.07. The lowest BCUT2D eigenvalue weighted by molar-refractivity contribution is 0.281. The van der Waals surface area contributed by atoms with E-state index >= 15 is 0 Å². The van der Waals surface area contributed by atoms with Crippen molar-refractivity contribution >= 4 is 23.2 Å². The molecule has 0 saturated carbocycles. The van der Waals surface area contributed by atoms with Gasteiger partial charge in [-0.15, -0.1) is 0 Å². The third-order valence-corrected chi connectivity index (χ3v) is 2.90. The molecular weight excluding hydrogens is 247 g/mol. The molecule has 1 N–H and O–H groups in total. The topological polar surface area (TPSA) is 38.0 Å². The number of aryl methyl sites for hydroxylation is 1. The van der Waals surface area contributed by atoms with E-state index in [0.717, 1.165) is 11.4 Å².